The quantitative estimate of drug-likeness (QED) is 0.686. The van der Waals surface area contributed by atoms with E-state index in [0.717, 1.165) is 10.0 Å². The lowest BCUT2D eigenvalue weighted by Crippen LogP contribution is -2.31. The van der Waals surface area contributed by atoms with Gasteiger partial charge in [-0.1, -0.05) is 35.0 Å². The van der Waals surface area contributed by atoms with Crippen LogP contribution in [0.3, 0.4) is 0 Å². The smallest absolute Gasteiger partial charge is 0.161 e. The number of nitrogens with zero attached hydrogens (tertiary/aromatic N) is 1. The second-order valence-corrected chi connectivity index (χ2v) is 5.01. The summed E-state index contributed by atoms with van der Waals surface area (Å²) < 4.78 is 0.924. The molecule has 0 fully saturated rings. The number of carbonyl (C=O) groups excluding carboxylic acids is 1. The van der Waals surface area contributed by atoms with Gasteiger partial charge in [0, 0.05) is 10.9 Å². The zero-order valence-corrected chi connectivity index (χ0v) is 11.9. The van der Waals surface area contributed by atoms with Gasteiger partial charge in [-0.05, 0) is 31.5 Å². The summed E-state index contributed by atoms with van der Waals surface area (Å²) in [6.07, 6.45) is 0.636. The Hall–Kier alpha value is -1.16. The van der Waals surface area contributed by atoms with E-state index < -0.39 is 5.54 Å². The molecule has 4 heteroatoms. The van der Waals surface area contributed by atoms with Gasteiger partial charge in [0.15, 0.2) is 5.78 Å². The number of ketones is 1. The second kappa shape index (κ2) is 5.45. The molecule has 0 bridgehead atoms. The number of hydrogen-bond acceptors (Lipinski definition) is 2. The van der Waals surface area contributed by atoms with Gasteiger partial charge in [-0.15, -0.1) is 0 Å². The standard InChI is InChI=1S/C13H17BrN2O/c1-4-12(15)16-13(3,9(2)17)10-6-5-7-11(14)8-10/h5-8H,4H2,1-3H3,(H2,15,16). The first kappa shape index (κ1) is 13.9. The lowest BCUT2D eigenvalue weighted by molar-refractivity contribution is -0.121. The van der Waals surface area contributed by atoms with E-state index in [1.807, 2.05) is 31.2 Å². The van der Waals surface area contributed by atoms with Crippen molar-refractivity contribution >= 4 is 27.5 Å². The highest BCUT2D eigenvalue weighted by Gasteiger charge is 2.31. The summed E-state index contributed by atoms with van der Waals surface area (Å²) in [5, 5.41) is 0. The molecule has 0 aliphatic heterocycles. The van der Waals surface area contributed by atoms with Crippen LogP contribution in [-0.2, 0) is 10.3 Å². The van der Waals surface area contributed by atoms with Gasteiger partial charge >= 0.3 is 0 Å². The van der Waals surface area contributed by atoms with Gasteiger partial charge in [0.2, 0.25) is 0 Å². The Balaban J connectivity index is 3.31. The monoisotopic (exact) mass is 296 g/mol. The third-order valence-electron chi connectivity index (χ3n) is 2.80. The van der Waals surface area contributed by atoms with Crippen molar-refractivity contribution in [3.63, 3.8) is 0 Å². The summed E-state index contributed by atoms with van der Waals surface area (Å²) >= 11 is 3.40. The van der Waals surface area contributed by atoms with Crippen molar-refractivity contribution in [1.29, 1.82) is 0 Å². The van der Waals surface area contributed by atoms with Gasteiger partial charge in [-0.25, -0.2) is 0 Å². The Morgan fingerprint density at radius 1 is 1.53 bits per heavy atom. The van der Waals surface area contributed by atoms with E-state index in [0.29, 0.717) is 12.3 Å². The molecule has 0 radical (unpaired) electrons. The molecule has 1 rings (SSSR count). The number of aliphatic imine (C=N–C) groups is 1. The van der Waals surface area contributed by atoms with Crippen molar-refractivity contribution in [2.75, 3.05) is 0 Å². The Labute approximate surface area is 110 Å². The van der Waals surface area contributed by atoms with Crippen LogP contribution in [0.4, 0.5) is 0 Å². The zero-order valence-electron chi connectivity index (χ0n) is 10.3. The molecule has 0 aliphatic carbocycles. The largest absolute Gasteiger partial charge is 0.387 e. The lowest BCUT2D eigenvalue weighted by atomic mass is 9.89. The highest BCUT2D eigenvalue weighted by molar-refractivity contribution is 9.10. The number of halogens is 1. The maximum absolute atomic E-state index is 11.9. The Kier molecular flexibility index (Phi) is 4.46. The van der Waals surface area contributed by atoms with Crippen molar-refractivity contribution < 1.29 is 4.79 Å². The summed E-state index contributed by atoms with van der Waals surface area (Å²) in [5.41, 5.74) is 5.70. The fraction of sp³-hybridized carbons (Fsp3) is 0.385. The topological polar surface area (TPSA) is 55.4 Å². The molecule has 1 aromatic carbocycles. The van der Waals surface area contributed by atoms with E-state index in [4.69, 9.17) is 5.73 Å². The second-order valence-electron chi connectivity index (χ2n) is 4.10. The van der Waals surface area contributed by atoms with Crippen molar-refractivity contribution in [2.24, 2.45) is 10.7 Å². The average Bonchev–Trinajstić information content (AvgIpc) is 2.28. The molecule has 17 heavy (non-hydrogen) atoms. The van der Waals surface area contributed by atoms with Crippen molar-refractivity contribution in [3.8, 4) is 0 Å². The molecule has 1 unspecified atom stereocenters. The molecule has 0 spiro atoms. The van der Waals surface area contributed by atoms with Crippen molar-refractivity contribution in [1.82, 2.24) is 0 Å². The van der Waals surface area contributed by atoms with Crippen LogP contribution in [-0.4, -0.2) is 11.6 Å². The Morgan fingerprint density at radius 3 is 2.65 bits per heavy atom. The predicted octanol–water partition coefficient (Wildman–Crippen LogP) is 3.02. The lowest BCUT2D eigenvalue weighted by Gasteiger charge is -2.23. The van der Waals surface area contributed by atoms with Crippen LogP contribution in [0.25, 0.3) is 0 Å². The first-order valence-corrected chi connectivity index (χ1v) is 6.30. The van der Waals surface area contributed by atoms with Crippen LogP contribution in [0.15, 0.2) is 33.7 Å². The molecule has 0 saturated heterocycles. The van der Waals surface area contributed by atoms with Gasteiger partial charge in [0.1, 0.15) is 5.54 Å². The van der Waals surface area contributed by atoms with Gasteiger partial charge < -0.3 is 5.73 Å². The van der Waals surface area contributed by atoms with E-state index in [2.05, 4.69) is 20.9 Å². The fourth-order valence-corrected chi connectivity index (χ4v) is 1.90. The first-order valence-electron chi connectivity index (χ1n) is 5.51. The first-order chi connectivity index (χ1) is 7.90. The SMILES string of the molecule is CCC(N)=NC(C)(C(C)=O)c1cccc(Br)c1. The van der Waals surface area contributed by atoms with Crippen LogP contribution in [0.5, 0.6) is 0 Å². The molecule has 0 aliphatic rings. The number of benzene rings is 1. The minimum Gasteiger partial charge on any atom is -0.387 e. The van der Waals surface area contributed by atoms with E-state index >= 15 is 0 Å². The maximum Gasteiger partial charge on any atom is 0.161 e. The van der Waals surface area contributed by atoms with Crippen LogP contribution < -0.4 is 5.73 Å². The maximum atomic E-state index is 11.9. The summed E-state index contributed by atoms with van der Waals surface area (Å²) in [4.78, 5) is 16.2. The molecule has 0 amide bonds. The minimum atomic E-state index is -0.899. The van der Waals surface area contributed by atoms with Crippen molar-refractivity contribution in [3.05, 3.63) is 34.3 Å². The van der Waals surface area contributed by atoms with E-state index in [1.54, 1.807) is 6.92 Å². The number of hydrogen-bond donors (Lipinski definition) is 1. The molecule has 0 saturated carbocycles. The van der Waals surface area contributed by atoms with Crippen molar-refractivity contribution in [2.45, 2.75) is 32.7 Å². The summed E-state index contributed by atoms with van der Waals surface area (Å²) in [6, 6.07) is 7.58. The van der Waals surface area contributed by atoms with Crippen LogP contribution in [0, 0.1) is 0 Å². The summed E-state index contributed by atoms with van der Waals surface area (Å²) in [7, 11) is 0. The predicted molar refractivity (Wildman–Crippen MR) is 74.1 cm³/mol. The zero-order chi connectivity index (χ0) is 13.1. The molecule has 0 aromatic heterocycles. The molecular formula is C13H17BrN2O. The number of rotatable bonds is 4. The molecule has 92 valence electrons. The normalized spacial score (nSPS) is 15.4. The minimum absolute atomic E-state index is 0.0213. The van der Waals surface area contributed by atoms with Gasteiger partial charge in [0.25, 0.3) is 0 Å². The van der Waals surface area contributed by atoms with E-state index in [-0.39, 0.29) is 5.78 Å². The van der Waals surface area contributed by atoms with Gasteiger partial charge in [-0.2, -0.15) is 0 Å². The summed E-state index contributed by atoms with van der Waals surface area (Å²) in [6.45, 7) is 5.24. The number of carbonyl (C=O) groups is 1. The van der Waals surface area contributed by atoms with Gasteiger partial charge in [0.05, 0.1) is 5.84 Å². The molecule has 0 heterocycles. The molecule has 1 aromatic rings. The van der Waals surface area contributed by atoms with Crippen LogP contribution in [0.2, 0.25) is 0 Å². The third-order valence-corrected chi connectivity index (χ3v) is 3.29. The molecule has 2 N–H and O–H groups in total. The summed E-state index contributed by atoms with van der Waals surface area (Å²) in [5.74, 6) is 0.467. The van der Waals surface area contributed by atoms with Gasteiger partial charge in [-0.3, -0.25) is 9.79 Å². The van der Waals surface area contributed by atoms with Crippen LogP contribution >= 0.6 is 15.9 Å². The fourth-order valence-electron chi connectivity index (χ4n) is 1.50. The molecular weight excluding hydrogens is 280 g/mol. The van der Waals surface area contributed by atoms with E-state index in [1.165, 1.54) is 6.92 Å². The number of Topliss-reactive ketones (excluding diaryl/α,β-unsaturated/α-hetero) is 1. The van der Waals surface area contributed by atoms with Crippen LogP contribution in [0.1, 0.15) is 32.8 Å². The number of amidine groups is 1. The molecule has 3 nitrogen and oxygen atoms in total. The Bertz CT molecular complexity index is 456. The number of nitrogens with two attached hydrogens (primary N) is 1. The Morgan fingerprint density at radius 2 is 2.18 bits per heavy atom. The highest BCUT2D eigenvalue weighted by Crippen LogP contribution is 2.28. The van der Waals surface area contributed by atoms with E-state index in [9.17, 15) is 4.79 Å². The molecule has 1 atom stereocenters. The average molecular weight is 297 g/mol. The highest BCUT2D eigenvalue weighted by atomic mass is 79.9. The third kappa shape index (κ3) is 3.16.